The number of nitrogens with zero attached hydrogens (tertiary/aromatic N) is 1. The van der Waals surface area contributed by atoms with Crippen LogP contribution in [0.5, 0.6) is 0 Å². The van der Waals surface area contributed by atoms with Gasteiger partial charge in [0.25, 0.3) is 0 Å². The number of hydrogen-bond acceptors (Lipinski definition) is 5. The molecule has 1 amide bonds. The van der Waals surface area contributed by atoms with Crippen LogP contribution >= 0.6 is 7.82 Å². The van der Waals surface area contributed by atoms with E-state index < -0.39 is 20.0 Å². The molecule has 0 saturated heterocycles. The highest BCUT2D eigenvalue weighted by Gasteiger charge is 2.28. The van der Waals surface area contributed by atoms with E-state index in [0.717, 1.165) is 19.3 Å². The summed E-state index contributed by atoms with van der Waals surface area (Å²) in [6, 6.07) is -0.747. The maximum atomic E-state index is 12.2. The number of carbonyl (C=O) groups excluding carboxylic acids is 1. The van der Waals surface area contributed by atoms with Gasteiger partial charge < -0.3 is 19.8 Å². The van der Waals surface area contributed by atoms with Crippen LogP contribution in [0.2, 0.25) is 0 Å². The molecule has 0 saturated carbocycles. The van der Waals surface area contributed by atoms with E-state index in [4.69, 9.17) is 9.05 Å². The lowest BCUT2D eigenvalue weighted by atomic mass is 10.0. The Labute approximate surface area is 202 Å². The van der Waals surface area contributed by atoms with Gasteiger partial charge in [-0.15, -0.1) is 0 Å². The van der Waals surface area contributed by atoms with Crippen molar-refractivity contribution in [3.8, 4) is 0 Å². The number of aliphatic hydroxyl groups excluding tert-OH is 1. The van der Waals surface area contributed by atoms with Gasteiger partial charge in [0.15, 0.2) is 0 Å². The Morgan fingerprint density at radius 3 is 1.91 bits per heavy atom. The second-order valence-electron chi connectivity index (χ2n) is 10.0. The molecule has 3 atom stereocenters. The molecule has 0 aromatic rings. The number of unbranched alkanes of at least 4 members (excludes halogenated alkanes) is 10. The molecule has 198 valence electrons. The van der Waals surface area contributed by atoms with Crippen LogP contribution in [-0.4, -0.2) is 73.4 Å². The molecule has 0 aliphatic carbocycles. The van der Waals surface area contributed by atoms with Crippen molar-refractivity contribution in [1.82, 2.24) is 5.32 Å². The van der Waals surface area contributed by atoms with E-state index in [-0.39, 0.29) is 25.5 Å². The summed E-state index contributed by atoms with van der Waals surface area (Å²) in [4.78, 5) is 21.8. The van der Waals surface area contributed by atoms with Crippen LogP contribution in [0.15, 0.2) is 0 Å². The number of likely N-dealkylation sites (N-methyl/N-ethyl adjacent to an activating group) is 1. The first kappa shape index (κ1) is 32.5. The standard InChI is InChI=1S/C24H51N2O6P/c1-6-8-9-10-11-12-13-14-15-16-17-18-23(27)22(25-24(28)7-2)21-32-33(29,30)31-20-19-26(3,4)5/h22-23,27H,6-21H2,1-5H3,(H-,25,28,29,30)/p+1. The predicted octanol–water partition coefficient (Wildman–Crippen LogP) is 4.78. The van der Waals surface area contributed by atoms with Crippen LogP contribution in [0.3, 0.4) is 0 Å². The van der Waals surface area contributed by atoms with Crippen LogP contribution in [-0.2, 0) is 18.4 Å². The molecule has 8 nitrogen and oxygen atoms in total. The number of rotatable bonds is 22. The lowest BCUT2D eigenvalue weighted by Crippen LogP contribution is -2.46. The number of phosphoric acid groups is 1. The second kappa shape index (κ2) is 18.8. The van der Waals surface area contributed by atoms with Gasteiger partial charge >= 0.3 is 7.82 Å². The Balaban J connectivity index is 4.24. The van der Waals surface area contributed by atoms with Gasteiger partial charge in [-0.1, -0.05) is 84.5 Å². The lowest BCUT2D eigenvalue weighted by Gasteiger charge is -2.26. The van der Waals surface area contributed by atoms with Gasteiger partial charge in [-0.25, -0.2) is 4.57 Å². The third kappa shape index (κ3) is 20.6. The monoisotopic (exact) mass is 495 g/mol. The number of hydrogen-bond donors (Lipinski definition) is 3. The fourth-order valence-corrected chi connectivity index (χ4v) is 4.15. The Hall–Kier alpha value is -0.500. The van der Waals surface area contributed by atoms with Crippen LogP contribution in [0.1, 0.15) is 97.3 Å². The summed E-state index contributed by atoms with van der Waals surface area (Å²) in [5.74, 6) is -0.236. The van der Waals surface area contributed by atoms with Gasteiger partial charge in [0.2, 0.25) is 5.91 Å². The predicted molar refractivity (Wildman–Crippen MR) is 134 cm³/mol. The molecule has 0 rings (SSSR count). The van der Waals surface area contributed by atoms with Crippen LogP contribution in [0.25, 0.3) is 0 Å². The highest BCUT2D eigenvalue weighted by atomic mass is 31.2. The third-order valence-corrected chi connectivity index (χ3v) is 6.65. The molecule has 3 N–H and O–H groups in total. The van der Waals surface area contributed by atoms with E-state index in [1.165, 1.54) is 51.4 Å². The van der Waals surface area contributed by atoms with Crippen molar-refractivity contribution in [1.29, 1.82) is 0 Å². The zero-order valence-corrected chi connectivity index (χ0v) is 22.8. The quantitative estimate of drug-likeness (QED) is 0.113. The minimum absolute atomic E-state index is 0.0740. The highest BCUT2D eigenvalue weighted by Crippen LogP contribution is 2.43. The van der Waals surface area contributed by atoms with Crippen LogP contribution < -0.4 is 5.32 Å². The Morgan fingerprint density at radius 2 is 1.42 bits per heavy atom. The Morgan fingerprint density at radius 1 is 0.909 bits per heavy atom. The number of aliphatic hydroxyl groups is 1. The van der Waals surface area contributed by atoms with Crippen molar-refractivity contribution < 1.29 is 32.9 Å². The number of nitrogens with one attached hydrogen (secondary N) is 1. The van der Waals surface area contributed by atoms with Crippen LogP contribution in [0.4, 0.5) is 0 Å². The molecule has 0 aliphatic heterocycles. The van der Waals surface area contributed by atoms with Crippen molar-refractivity contribution in [2.45, 2.75) is 109 Å². The smallest absolute Gasteiger partial charge is 0.391 e. The summed E-state index contributed by atoms with van der Waals surface area (Å²) in [5.41, 5.74) is 0. The summed E-state index contributed by atoms with van der Waals surface area (Å²) < 4.78 is 22.8. The fourth-order valence-electron chi connectivity index (χ4n) is 3.42. The highest BCUT2D eigenvalue weighted by molar-refractivity contribution is 7.47. The van der Waals surface area contributed by atoms with Gasteiger partial charge in [0.1, 0.15) is 13.2 Å². The van der Waals surface area contributed by atoms with Gasteiger partial charge in [-0.2, -0.15) is 0 Å². The summed E-state index contributed by atoms with van der Waals surface area (Å²) >= 11 is 0. The average molecular weight is 496 g/mol. The Kier molecular flexibility index (Phi) is 18.5. The van der Waals surface area contributed by atoms with E-state index in [0.29, 0.717) is 17.4 Å². The molecular formula is C24H52N2O6P+. The summed E-state index contributed by atoms with van der Waals surface area (Å²) in [7, 11) is 1.60. The molecule has 0 spiro atoms. The molecule has 9 heteroatoms. The molecule has 33 heavy (non-hydrogen) atoms. The number of carbonyl (C=O) groups is 1. The van der Waals surface area contributed by atoms with Gasteiger partial charge in [-0.3, -0.25) is 13.8 Å². The van der Waals surface area contributed by atoms with E-state index in [2.05, 4.69) is 12.2 Å². The Bertz CT molecular complexity index is 542. The molecule has 0 radical (unpaired) electrons. The van der Waals surface area contributed by atoms with Crippen molar-refractivity contribution in [3.63, 3.8) is 0 Å². The topological polar surface area (TPSA) is 105 Å². The van der Waals surface area contributed by atoms with Crippen LogP contribution in [0, 0.1) is 0 Å². The van der Waals surface area contributed by atoms with Crippen molar-refractivity contribution in [3.05, 3.63) is 0 Å². The fraction of sp³-hybridized carbons (Fsp3) is 0.958. The molecule has 3 unspecified atom stereocenters. The third-order valence-electron chi connectivity index (χ3n) is 5.67. The van der Waals surface area contributed by atoms with Crippen molar-refractivity contribution in [2.24, 2.45) is 0 Å². The largest absolute Gasteiger partial charge is 0.472 e. The SMILES string of the molecule is CCCCCCCCCCCCCC(O)C(COP(=O)(O)OCC[N+](C)(C)C)NC(=O)CC. The summed E-state index contributed by atoms with van der Waals surface area (Å²) in [6.07, 6.45) is 13.3. The number of phosphoric ester groups is 1. The number of quaternary nitrogens is 1. The molecule has 0 heterocycles. The zero-order valence-electron chi connectivity index (χ0n) is 21.9. The molecule has 0 fully saturated rings. The molecule has 0 aromatic heterocycles. The maximum absolute atomic E-state index is 12.2. The maximum Gasteiger partial charge on any atom is 0.472 e. The summed E-state index contributed by atoms with van der Waals surface area (Å²) in [6.45, 7) is 4.30. The lowest BCUT2D eigenvalue weighted by molar-refractivity contribution is -0.870. The first-order chi connectivity index (χ1) is 15.5. The molecule has 0 aromatic carbocycles. The molecular weight excluding hydrogens is 443 g/mol. The van der Waals surface area contributed by atoms with Gasteiger partial charge in [0.05, 0.1) is 39.9 Å². The first-order valence-corrected chi connectivity index (χ1v) is 14.4. The zero-order chi connectivity index (χ0) is 25.2. The molecule has 0 aliphatic rings. The minimum atomic E-state index is -4.25. The van der Waals surface area contributed by atoms with E-state index in [1.54, 1.807) is 6.92 Å². The van der Waals surface area contributed by atoms with E-state index in [1.807, 2.05) is 21.1 Å². The van der Waals surface area contributed by atoms with Gasteiger partial charge in [0, 0.05) is 6.42 Å². The van der Waals surface area contributed by atoms with Crippen molar-refractivity contribution in [2.75, 3.05) is 40.9 Å². The average Bonchev–Trinajstić information content (AvgIpc) is 2.73. The normalized spacial score (nSPS) is 15.7. The van der Waals surface area contributed by atoms with E-state index in [9.17, 15) is 19.4 Å². The minimum Gasteiger partial charge on any atom is -0.391 e. The second-order valence-corrected chi connectivity index (χ2v) is 11.5. The van der Waals surface area contributed by atoms with E-state index >= 15 is 0 Å². The number of amides is 1. The van der Waals surface area contributed by atoms with Gasteiger partial charge in [-0.05, 0) is 6.42 Å². The van der Waals surface area contributed by atoms with Crippen molar-refractivity contribution >= 4 is 13.7 Å². The summed E-state index contributed by atoms with van der Waals surface area (Å²) in [5, 5.41) is 13.3. The molecule has 0 bridgehead atoms. The first-order valence-electron chi connectivity index (χ1n) is 12.9.